The SMILES string of the molecule is O=C(NC[C@]1(O)CCN(c2ncccn2)C1)c1n[nH]c2c1CCC2. The van der Waals surface area contributed by atoms with E-state index >= 15 is 0 Å². The number of H-pyrrole nitrogens is 1. The number of nitrogens with one attached hydrogen (secondary N) is 2. The minimum Gasteiger partial charge on any atom is -0.386 e. The fourth-order valence-corrected chi connectivity index (χ4v) is 3.46. The highest BCUT2D eigenvalue weighted by Gasteiger charge is 2.37. The second-order valence-corrected chi connectivity index (χ2v) is 6.51. The average Bonchev–Trinajstić information content (AvgIpc) is 3.29. The number of amides is 1. The Kier molecular flexibility index (Phi) is 3.68. The van der Waals surface area contributed by atoms with Crippen molar-refractivity contribution in [3.8, 4) is 0 Å². The van der Waals surface area contributed by atoms with Crippen molar-refractivity contribution in [1.82, 2.24) is 25.5 Å². The van der Waals surface area contributed by atoms with Gasteiger partial charge in [0.15, 0.2) is 5.69 Å². The summed E-state index contributed by atoms with van der Waals surface area (Å²) in [5.41, 5.74) is 1.57. The van der Waals surface area contributed by atoms with Crippen LogP contribution in [0.1, 0.15) is 34.6 Å². The lowest BCUT2D eigenvalue weighted by Crippen LogP contribution is -2.45. The summed E-state index contributed by atoms with van der Waals surface area (Å²) < 4.78 is 0. The summed E-state index contributed by atoms with van der Waals surface area (Å²) in [7, 11) is 0. The molecule has 0 radical (unpaired) electrons. The molecule has 0 saturated carbocycles. The molecule has 8 heteroatoms. The monoisotopic (exact) mass is 328 g/mol. The Morgan fingerprint density at radius 3 is 3.04 bits per heavy atom. The van der Waals surface area contributed by atoms with E-state index in [1.807, 2.05) is 4.90 Å². The van der Waals surface area contributed by atoms with Crippen LogP contribution in [0.5, 0.6) is 0 Å². The fourth-order valence-electron chi connectivity index (χ4n) is 3.46. The van der Waals surface area contributed by atoms with E-state index in [9.17, 15) is 9.90 Å². The summed E-state index contributed by atoms with van der Waals surface area (Å²) in [5, 5.41) is 20.6. The molecule has 1 amide bonds. The Hall–Kier alpha value is -2.48. The van der Waals surface area contributed by atoms with Crippen molar-refractivity contribution in [3.63, 3.8) is 0 Å². The Morgan fingerprint density at radius 1 is 1.38 bits per heavy atom. The number of fused-ring (bicyclic) bond motifs is 1. The van der Waals surface area contributed by atoms with Crippen LogP contribution in [0.15, 0.2) is 18.5 Å². The number of carbonyl (C=O) groups excluding carboxylic acids is 1. The summed E-state index contributed by atoms with van der Waals surface area (Å²) in [4.78, 5) is 22.7. The highest BCUT2D eigenvalue weighted by molar-refractivity contribution is 5.94. The summed E-state index contributed by atoms with van der Waals surface area (Å²) in [6, 6.07) is 1.76. The Balaban J connectivity index is 1.38. The largest absolute Gasteiger partial charge is 0.386 e. The topological polar surface area (TPSA) is 107 Å². The molecule has 126 valence electrons. The van der Waals surface area contributed by atoms with Gasteiger partial charge in [0, 0.05) is 36.7 Å². The van der Waals surface area contributed by atoms with Gasteiger partial charge in [0.1, 0.15) is 5.60 Å². The van der Waals surface area contributed by atoms with Crippen molar-refractivity contribution < 1.29 is 9.90 Å². The first kappa shape index (κ1) is 15.1. The molecular formula is C16H20N6O2. The number of aryl methyl sites for hydroxylation is 1. The highest BCUT2D eigenvalue weighted by atomic mass is 16.3. The minimum absolute atomic E-state index is 0.191. The molecule has 1 aliphatic carbocycles. The lowest BCUT2D eigenvalue weighted by atomic mass is 10.0. The van der Waals surface area contributed by atoms with E-state index in [0.717, 1.165) is 30.5 Å². The van der Waals surface area contributed by atoms with Gasteiger partial charge >= 0.3 is 0 Å². The molecule has 24 heavy (non-hydrogen) atoms. The number of aromatic nitrogens is 4. The molecule has 3 N–H and O–H groups in total. The summed E-state index contributed by atoms with van der Waals surface area (Å²) >= 11 is 0. The zero-order chi connectivity index (χ0) is 16.6. The smallest absolute Gasteiger partial charge is 0.272 e. The zero-order valence-electron chi connectivity index (χ0n) is 13.3. The van der Waals surface area contributed by atoms with Crippen molar-refractivity contribution in [2.45, 2.75) is 31.3 Å². The summed E-state index contributed by atoms with van der Waals surface area (Å²) in [6.07, 6.45) is 6.81. The van der Waals surface area contributed by atoms with Gasteiger partial charge in [-0.2, -0.15) is 5.10 Å². The molecule has 0 unspecified atom stereocenters. The number of hydrogen-bond acceptors (Lipinski definition) is 6. The van der Waals surface area contributed by atoms with Gasteiger partial charge in [0.05, 0.1) is 6.54 Å². The van der Waals surface area contributed by atoms with E-state index in [1.165, 1.54) is 0 Å². The predicted molar refractivity (Wildman–Crippen MR) is 86.8 cm³/mol. The first-order chi connectivity index (χ1) is 11.6. The van der Waals surface area contributed by atoms with Crippen molar-refractivity contribution >= 4 is 11.9 Å². The van der Waals surface area contributed by atoms with Gasteiger partial charge < -0.3 is 15.3 Å². The Bertz CT molecular complexity index is 746. The maximum Gasteiger partial charge on any atom is 0.272 e. The standard InChI is InChI=1S/C16H20N6O2/c23-14(13-11-3-1-4-12(11)20-21-13)19-9-16(24)5-8-22(10-16)15-17-6-2-7-18-15/h2,6-7,24H,1,3-5,8-10H2,(H,19,23)(H,20,21)/t16-/m1/s1. The third-order valence-corrected chi connectivity index (χ3v) is 4.77. The first-order valence-electron chi connectivity index (χ1n) is 8.23. The molecule has 0 aromatic carbocycles. The number of aliphatic hydroxyl groups is 1. The zero-order valence-corrected chi connectivity index (χ0v) is 13.3. The van der Waals surface area contributed by atoms with Crippen molar-refractivity contribution in [2.75, 3.05) is 24.5 Å². The van der Waals surface area contributed by atoms with E-state index in [4.69, 9.17) is 0 Å². The number of rotatable bonds is 4. The van der Waals surface area contributed by atoms with Gasteiger partial charge in [-0.1, -0.05) is 0 Å². The molecule has 1 aliphatic heterocycles. The van der Waals surface area contributed by atoms with Gasteiger partial charge in [-0.15, -0.1) is 0 Å². The molecule has 4 rings (SSSR count). The molecule has 2 aromatic heterocycles. The number of carbonyl (C=O) groups is 1. The van der Waals surface area contributed by atoms with Crippen LogP contribution in [0.3, 0.4) is 0 Å². The molecule has 0 spiro atoms. The molecule has 2 aromatic rings. The molecule has 1 saturated heterocycles. The van der Waals surface area contributed by atoms with Crippen molar-refractivity contribution in [1.29, 1.82) is 0 Å². The van der Waals surface area contributed by atoms with Gasteiger partial charge in [-0.05, 0) is 31.7 Å². The van der Waals surface area contributed by atoms with Gasteiger partial charge in [-0.25, -0.2) is 9.97 Å². The Labute approximate surface area is 139 Å². The third-order valence-electron chi connectivity index (χ3n) is 4.77. The average molecular weight is 328 g/mol. The van der Waals surface area contributed by atoms with Crippen LogP contribution in [-0.4, -0.2) is 56.4 Å². The fraction of sp³-hybridized carbons (Fsp3) is 0.500. The third kappa shape index (κ3) is 2.73. The van der Waals surface area contributed by atoms with Crippen LogP contribution in [0.2, 0.25) is 0 Å². The minimum atomic E-state index is -0.978. The van der Waals surface area contributed by atoms with Crippen LogP contribution in [0, 0.1) is 0 Å². The van der Waals surface area contributed by atoms with E-state index in [-0.39, 0.29) is 12.5 Å². The van der Waals surface area contributed by atoms with E-state index in [0.29, 0.717) is 31.2 Å². The molecule has 1 fully saturated rings. The van der Waals surface area contributed by atoms with Crippen LogP contribution in [-0.2, 0) is 12.8 Å². The van der Waals surface area contributed by atoms with E-state index in [1.54, 1.807) is 18.5 Å². The Morgan fingerprint density at radius 2 is 2.21 bits per heavy atom. The van der Waals surface area contributed by atoms with Crippen LogP contribution in [0.25, 0.3) is 0 Å². The van der Waals surface area contributed by atoms with Crippen LogP contribution >= 0.6 is 0 Å². The van der Waals surface area contributed by atoms with Gasteiger partial charge in [-0.3, -0.25) is 9.89 Å². The molecule has 0 bridgehead atoms. The van der Waals surface area contributed by atoms with E-state index in [2.05, 4.69) is 25.5 Å². The second-order valence-electron chi connectivity index (χ2n) is 6.51. The molecule has 2 aliphatic rings. The number of nitrogens with zero attached hydrogens (tertiary/aromatic N) is 4. The van der Waals surface area contributed by atoms with Crippen LogP contribution < -0.4 is 10.2 Å². The van der Waals surface area contributed by atoms with E-state index < -0.39 is 5.60 Å². The molecule has 3 heterocycles. The number of aromatic amines is 1. The lowest BCUT2D eigenvalue weighted by Gasteiger charge is -2.23. The van der Waals surface area contributed by atoms with Gasteiger partial charge in [0.2, 0.25) is 5.95 Å². The van der Waals surface area contributed by atoms with Crippen molar-refractivity contribution in [2.24, 2.45) is 0 Å². The number of β-amino-alcohol motifs (C(OH)–C–C–N with tert-alkyl or cyclic N) is 1. The maximum absolute atomic E-state index is 12.4. The highest BCUT2D eigenvalue weighted by Crippen LogP contribution is 2.25. The molecule has 8 nitrogen and oxygen atoms in total. The molecule has 1 atom stereocenters. The number of anilines is 1. The van der Waals surface area contributed by atoms with Gasteiger partial charge in [0.25, 0.3) is 5.91 Å². The summed E-state index contributed by atoms with van der Waals surface area (Å²) in [6.45, 7) is 1.25. The van der Waals surface area contributed by atoms with Crippen LogP contribution in [0.4, 0.5) is 5.95 Å². The maximum atomic E-state index is 12.4. The molecular weight excluding hydrogens is 308 g/mol. The van der Waals surface area contributed by atoms with Crippen molar-refractivity contribution in [3.05, 3.63) is 35.4 Å². The normalized spacial score (nSPS) is 22.6. The quantitative estimate of drug-likeness (QED) is 0.733. The second kappa shape index (κ2) is 5.86. The first-order valence-corrected chi connectivity index (χ1v) is 8.23. The number of hydrogen-bond donors (Lipinski definition) is 3. The lowest BCUT2D eigenvalue weighted by molar-refractivity contribution is 0.0573. The summed E-state index contributed by atoms with van der Waals surface area (Å²) in [5.74, 6) is 0.377. The predicted octanol–water partition coefficient (Wildman–Crippen LogP) is 0.0596.